The molecule has 1 aliphatic heterocycles. The summed E-state index contributed by atoms with van der Waals surface area (Å²) in [7, 11) is 0. The van der Waals surface area contributed by atoms with Gasteiger partial charge in [-0.2, -0.15) is 0 Å². The van der Waals surface area contributed by atoms with Gasteiger partial charge >= 0.3 is 5.97 Å². The monoisotopic (exact) mass is 290 g/mol. The Hall–Kier alpha value is -2.04. The molecule has 0 bridgehead atoms. The van der Waals surface area contributed by atoms with Gasteiger partial charge in [-0.15, -0.1) is 0 Å². The lowest BCUT2D eigenvalue weighted by Gasteiger charge is -2.35. The van der Waals surface area contributed by atoms with Crippen LogP contribution in [0.1, 0.15) is 43.0 Å². The molecule has 1 unspecified atom stereocenters. The van der Waals surface area contributed by atoms with Gasteiger partial charge in [0.1, 0.15) is 0 Å². The molecule has 21 heavy (non-hydrogen) atoms. The summed E-state index contributed by atoms with van der Waals surface area (Å²) in [5, 5.41) is 0. The number of hydrogen-bond donors (Lipinski definition) is 1. The molecule has 1 amide bonds. The maximum atomic E-state index is 12.2. The number of nitrogens with two attached hydrogens (primary N) is 1. The van der Waals surface area contributed by atoms with Gasteiger partial charge < -0.3 is 15.4 Å². The van der Waals surface area contributed by atoms with E-state index in [1.165, 1.54) is 0 Å². The normalized spacial score (nSPS) is 18.3. The Morgan fingerprint density at radius 2 is 2.19 bits per heavy atom. The lowest BCUT2D eigenvalue weighted by molar-refractivity contribution is -0.138. The molecule has 2 rings (SSSR count). The highest BCUT2D eigenvalue weighted by Gasteiger charge is 2.25. The first-order valence-electron chi connectivity index (χ1n) is 7.44. The number of carbonyl (C=O) groups is 2. The molecule has 0 spiro atoms. The van der Waals surface area contributed by atoms with Gasteiger partial charge in [-0.1, -0.05) is 13.0 Å². The number of anilines is 1. The van der Waals surface area contributed by atoms with Gasteiger partial charge in [-0.3, -0.25) is 4.79 Å². The van der Waals surface area contributed by atoms with Gasteiger partial charge in [0.15, 0.2) is 6.61 Å². The summed E-state index contributed by atoms with van der Waals surface area (Å²) < 4.78 is 5.11. The molecule has 1 atom stereocenters. The second-order valence-electron chi connectivity index (χ2n) is 5.35. The van der Waals surface area contributed by atoms with Crippen LogP contribution in [0.2, 0.25) is 0 Å². The number of rotatable bonds is 4. The van der Waals surface area contributed by atoms with E-state index in [4.69, 9.17) is 10.5 Å². The van der Waals surface area contributed by atoms with Crippen LogP contribution >= 0.6 is 0 Å². The quantitative estimate of drug-likeness (QED) is 0.681. The molecule has 1 fully saturated rings. The van der Waals surface area contributed by atoms with Crippen molar-refractivity contribution in [1.82, 2.24) is 4.90 Å². The van der Waals surface area contributed by atoms with E-state index >= 15 is 0 Å². The number of likely N-dealkylation sites (tertiary alicyclic amines) is 1. The smallest absolute Gasteiger partial charge is 0.338 e. The van der Waals surface area contributed by atoms with Crippen LogP contribution in [0.3, 0.4) is 0 Å². The summed E-state index contributed by atoms with van der Waals surface area (Å²) in [5.74, 6) is -0.625. The van der Waals surface area contributed by atoms with Crippen molar-refractivity contribution in [1.29, 1.82) is 0 Å². The first-order valence-corrected chi connectivity index (χ1v) is 7.44. The van der Waals surface area contributed by atoms with Crippen molar-refractivity contribution in [3.8, 4) is 0 Å². The van der Waals surface area contributed by atoms with E-state index in [-0.39, 0.29) is 18.6 Å². The number of nitrogen functional groups attached to an aromatic ring is 1. The van der Waals surface area contributed by atoms with Gasteiger partial charge in [0.05, 0.1) is 5.56 Å². The Morgan fingerprint density at radius 3 is 2.90 bits per heavy atom. The number of ether oxygens (including phenoxy) is 1. The fourth-order valence-corrected chi connectivity index (χ4v) is 2.71. The third kappa shape index (κ3) is 3.97. The van der Waals surface area contributed by atoms with Crippen molar-refractivity contribution < 1.29 is 14.3 Å². The number of benzene rings is 1. The van der Waals surface area contributed by atoms with E-state index in [0.29, 0.717) is 11.3 Å². The Kier molecular flexibility index (Phi) is 5.20. The lowest BCUT2D eigenvalue weighted by Crippen LogP contribution is -2.45. The SMILES string of the molecule is CCC1CCCCN1C(=O)COC(=O)c1cccc(N)c1. The first kappa shape index (κ1) is 15.4. The van der Waals surface area contributed by atoms with Crippen LogP contribution in [0.25, 0.3) is 0 Å². The minimum atomic E-state index is -0.513. The third-order valence-electron chi connectivity index (χ3n) is 3.87. The summed E-state index contributed by atoms with van der Waals surface area (Å²) in [6.45, 7) is 2.63. The average molecular weight is 290 g/mol. The summed E-state index contributed by atoms with van der Waals surface area (Å²) in [4.78, 5) is 25.9. The highest BCUT2D eigenvalue weighted by molar-refractivity contribution is 5.92. The number of amides is 1. The van der Waals surface area contributed by atoms with Crippen LogP contribution in [-0.2, 0) is 9.53 Å². The Morgan fingerprint density at radius 1 is 1.38 bits per heavy atom. The molecular formula is C16H22N2O3. The summed E-state index contributed by atoms with van der Waals surface area (Å²) in [5.41, 5.74) is 6.49. The van der Waals surface area contributed by atoms with E-state index in [0.717, 1.165) is 32.2 Å². The Balaban J connectivity index is 1.90. The molecule has 1 aromatic carbocycles. The number of hydrogen-bond acceptors (Lipinski definition) is 4. The molecule has 1 heterocycles. The summed E-state index contributed by atoms with van der Waals surface area (Å²) >= 11 is 0. The van der Waals surface area contributed by atoms with E-state index < -0.39 is 5.97 Å². The molecule has 1 aromatic rings. The van der Waals surface area contributed by atoms with Gasteiger partial charge in [-0.25, -0.2) is 4.79 Å². The molecule has 1 aliphatic rings. The molecule has 0 radical (unpaired) electrons. The minimum absolute atomic E-state index is 0.112. The zero-order chi connectivity index (χ0) is 15.2. The van der Waals surface area contributed by atoms with Crippen molar-refractivity contribution in [2.45, 2.75) is 38.6 Å². The fraction of sp³-hybridized carbons (Fsp3) is 0.500. The van der Waals surface area contributed by atoms with Crippen LogP contribution in [0.5, 0.6) is 0 Å². The van der Waals surface area contributed by atoms with Crippen LogP contribution in [0, 0.1) is 0 Å². The zero-order valence-electron chi connectivity index (χ0n) is 12.4. The standard InChI is InChI=1S/C16H22N2O3/c1-2-14-8-3-4-9-18(14)15(19)11-21-16(20)12-6-5-7-13(17)10-12/h5-7,10,14H,2-4,8-9,11,17H2,1H3. The molecule has 1 saturated heterocycles. The van der Waals surface area contributed by atoms with Crippen molar-refractivity contribution in [3.05, 3.63) is 29.8 Å². The molecule has 114 valence electrons. The second kappa shape index (κ2) is 7.11. The minimum Gasteiger partial charge on any atom is -0.452 e. The first-order chi connectivity index (χ1) is 10.1. The molecule has 0 aliphatic carbocycles. The van der Waals surface area contributed by atoms with Crippen LogP contribution in [0.15, 0.2) is 24.3 Å². The number of esters is 1. The third-order valence-corrected chi connectivity index (χ3v) is 3.87. The van der Waals surface area contributed by atoms with E-state index in [1.54, 1.807) is 24.3 Å². The average Bonchev–Trinajstić information content (AvgIpc) is 2.52. The van der Waals surface area contributed by atoms with Crippen molar-refractivity contribution in [3.63, 3.8) is 0 Å². The predicted molar refractivity (Wildman–Crippen MR) is 80.8 cm³/mol. The number of piperidine rings is 1. The van der Waals surface area contributed by atoms with Gasteiger partial charge in [0.25, 0.3) is 5.91 Å². The maximum absolute atomic E-state index is 12.2. The van der Waals surface area contributed by atoms with Gasteiger partial charge in [0.2, 0.25) is 0 Å². The Bertz CT molecular complexity index is 516. The molecule has 0 aromatic heterocycles. The molecule has 5 nitrogen and oxygen atoms in total. The molecular weight excluding hydrogens is 268 g/mol. The van der Waals surface area contributed by atoms with E-state index in [9.17, 15) is 9.59 Å². The number of nitrogens with zero attached hydrogens (tertiary/aromatic N) is 1. The highest BCUT2D eigenvalue weighted by Crippen LogP contribution is 2.19. The Labute approximate surface area is 125 Å². The van der Waals surface area contributed by atoms with Gasteiger partial charge in [-0.05, 0) is 43.9 Å². The van der Waals surface area contributed by atoms with Crippen LogP contribution in [0.4, 0.5) is 5.69 Å². The van der Waals surface area contributed by atoms with Crippen molar-refractivity contribution >= 4 is 17.6 Å². The lowest BCUT2D eigenvalue weighted by atomic mass is 10.00. The van der Waals surface area contributed by atoms with Crippen molar-refractivity contribution in [2.75, 3.05) is 18.9 Å². The molecule has 5 heteroatoms. The topological polar surface area (TPSA) is 72.6 Å². The zero-order valence-corrected chi connectivity index (χ0v) is 12.4. The van der Waals surface area contributed by atoms with Crippen LogP contribution < -0.4 is 5.73 Å². The fourth-order valence-electron chi connectivity index (χ4n) is 2.71. The largest absolute Gasteiger partial charge is 0.452 e. The second-order valence-corrected chi connectivity index (χ2v) is 5.35. The summed E-state index contributed by atoms with van der Waals surface area (Å²) in [6, 6.07) is 6.83. The van der Waals surface area contributed by atoms with Crippen molar-refractivity contribution in [2.24, 2.45) is 0 Å². The molecule has 2 N–H and O–H groups in total. The van der Waals surface area contributed by atoms with Gasteiger partial charge in [0, 0.05) is 18.3 Å². The maximum Gasteiger partial charge on any atom is 0.338 e. The van der Waals surface area contributed by atoms with E-state index in [2.05, 4.69) is 6.92 Å². The predicted octanol–water partition coefficient (Wildman–Crippen LogP) is 2.22. The molecule has 0 saturated carbocycles. The number of carbonyl (C=O) groups excluding carboxylic acids is 2. The van der Waals surface area contributed by atoms with Crippen LogP contribution in [-0.4, -0.2) is 36.0 Å². The van der Waals surface area contributed by atoms with E-state index in [1.807, 2.05) is 4.90 Å². The highest BCUT2D eigenvalue weighted by atomic mass is 16.5. The summed E-state index contributed by atoms with van der Waals surface area (Å²) in [6.07, 6.45) is 4.15.